The first kappa shape index (κ1) is 16.7. The van der Waals surface area contributed by atoms with E-state index in [1.165, 1.54) is 0 Å². The van der Waals surface area contributed by atoms with Gasteiger partial charge in [0.25, 0.3) is 11.8 Å². The first-order valence-electron chi connectivity index (χ1n) is 7.98. The Morgan fingerprint density at radius 1 is 1.00 bits per heavy atom. The molecule has 2 aromatic rings. The second-order valence-corrected chi connectivity index (χ2v) is 7.24. The highest BCUT2D eigenvalue weighted by Crippen LogP contribution is 2.41. The molecule has 4 amide bonds. The third-order valence-electron chi connectivity index (χ3n) is 4.79. The Balaban J connectivity index is 1.84. The summed E-state index contributed by atoms with van der Waals surface area (Å²) in [6.45, 7) is 0.0303. The molecule has 6 nitrogen and oxygen atoms in total. The number of fused-ring (bicyclic) bond motifs is 2. The molecule has 26 heavy (non-hydrogen) atoms. The fraction of sp³-hybridized carbons (Fsp3) is 0.158. The lowest BCUT2D eigenvalue weighted by molar-refractivity contribution is -0.142. The van der Waals surface area contributed by atoms with Crippen molar-refractivity contribution >= 4 is 39.6 Å². The Morgan fingerprint density at radius 2 is 1.69 bits per heavy atom. The monoisotopic (exact) mass is 412 g/mol. The first-order chi connectivity index (χ1) is 12.4. The molecule has 1 N–H and O–H groups in total. The molecule has 2 aliphatic rings. The molecule has 130 valence electrons. The minimum absolute atomic E-state index is 0.0303. The van der Waals surface area contributed by atoms with Crippen LogP contribution in [0.1, 0.15) is 27.9 Å². The SMILES string of the molecule is O=C1CC2(C(=O)N1)C(=O)N(Cc1ccc(Br)cc1)C(=O)c1ccccc12. The summed E-state index contributed by atoms with van der Waals surface area (Å²) in [5.41, 5.74) is -0.356. The number of amides is 4. The number of rotatable bonds is 2. The number of carbonyl (C=O) groups excluding carboxylic acids is 4. The van der Waals surface area contributed by atoms with Crippen molar-refractivity contribution < 1.29 is 19.2 Å². The summed E-state index contributed by atoms with van der Waals surface area (Å²) in [5.74, 6) is -2.32. The van der Waals surface area contributed by atoms with Gasteiger partial charge in [0.2, 0.25) is 11.8 Å². The van der Waals surface area contributed by atoms with Gasteiger partial charge in [0, 0.05) is 10.0 Å². The molecule has 0 aliphatic carbocycles. The van der Waals surface area contributed by atoms with Crippen LogP contribution in [-0.2, 0) is 26.3 Å². The van der Waals surface area contributed by atoms with Crippen LogP contribution in [0, 0.1) is 0 Å². The van der Waals surface area contributed by atoms with Gasteiger partial charge in [-0.05, 0) is 29.3 Å². The number of halogens is 1. The summed E-state index contributed by atoms with van der Waals surface area (Å²) < 4.78 is 0.875. The molecule has 2 heterocycles. The summed E-state index contributed by atoms with van der Waals surface area (Å²) in [4.78, 5) is 51.7. The van der Waals surface area contributed by atoms with Gasteiger partial charge in [0.15, 0.2) is 5.41 Å². The molecule has 1 fully saturated rings. The third-order valence-corrected chi connectivity index (χ3v) is 5.32. The van der Waals surface area contributed by atoms with Gasteiger partial charge in [0.05, 0.1) is 13.0 Å². The number of benzene rings is 2. The highest BCUT2D eigenvalue weighted by Gasteiger charge is 2.60. The zero-order valence-corrected chi connectivity index (χ0v) is 15.1. The van der Waals surface area contributed by atoms with Gasteiger partial charge in [-0.3, -0.25) is 29.4 Å². The van der Waals surface area contributed by atoms with Gasteiger partial charge in [-0.25, -0.2) is 0 Å². The van der Waals surface area contributed by atoms with Gasteiger partial charge in [0.1, 0.15) is 0 Å². The molecule has 2 aliphatic heterocycles. The van der Waals surface area contributed by atoms with Crippen LogP contribution < -0.4 is 5.32 Å². The lowest BCUT2D eigenvalue weighted by atomic mass is 9.72. The van der Waals surface area contributed by atoms with E-state index in [0.29, 0.717) is 5.56 Å². The van der Waals surface area contributed by atoms with Crippen molar-refractivity contribution in [2.45, 2.75) is 18.4 Å². The molecular weight excluding hydrogens is 400 g/mol. The van der Waals surface area contributed by atoms with Crippen molar-refractivity contribution in [3.63, 3.8) is 0 Å². The topological polar surface area (TPSA) is 83.6 Å². The lowest BCUT2D eigenvalue weighted by Gasteiger charge is -2.37. The van der Waals surface area contributed by atoms with Gasteiger partial charge in [-0.15, -0.1) is 0 Å². The van der Waals surface area contributed by atoms with Gasteiger partial charge >= 0.3 is 0 Å². The second kappa shape index (κ2) is 5.88. The second-order valence-electron chi connectivity index (χ2n) is 6.33. The van der Waals surface area contributed by atoms with Gasteiger partial charge in [-0.1, -0.05) is 46.3 Å². The van der Waals surface area contributed by atoms with E-state index in [4.69, 9.17) is 0 Å². The number of hydrogen-bond donors (Lipinski definition) is 1. The molecule has 0 bridgehead atoms. The molecule has 0 saturated carbocycles. The molecule has 7 heteroatoms. The summed E-state index contributed by atoms with van der Waals surface area (Å²) in [6, 6.07) is 13.7. The number of imide groups is 2. The largest absolute Gasteiger partial charge is 0.295 e. The Labute approximate surface area is 157 Å². The predicted octanol–water partition coefficient (Wildman–Crippen LogP) is 1.92. The standard InChI is InChI=1S/C19H13BrN2O4/c20-12-7-5-11(6-8-12)10-22-16(24)13-3-1-2-4-14(13)19(18(22)26)9-15(23)21-17(19)25/h1-8H,9-10H2,(H,21,23,25). The Bertz CT molecular complexity index is 970. The zero-order chi connectivity index (χ0) is 18.5. The van der Waals surface area contributed by atoms with Crippen molar-refractivity contribution in [2.24, 2.45) is 0 Å². The fourth-order valence-electron chi connectivity index (χ4n) is 3.53. The van der Waals surface area contributed by atoms with Crippen molar-refractivity contribution in [1.29, 1.82) is 0 Å². The van der Waals surface area contributed by atoms with Crippen LogP contribution in [0.25, 0.3) is 0 Å². The molecule has 0 radical (unpaired) electrons. The van der Waals surface area contributed by atoms with Crippen LogP contribution in [0.4, 0.5) is 0 Å². The van der Waals surface area contributed by atoms with Gasteiger partial charge < -0.3 is 0 Å². The van der Waals surface area contributed by atoms with Crippen LogP contribution in [0.2, 0.25) is 0 Å². The van der Waals surface area contributed by atoms with E-state index in [-0.39, 0.29) is 18.5 Å². The number of hydrogen-bond acceptors (Lipinski definition) is 4. The average molecular weight is 413 g/mol. The maximum absolute atomic E-state index is 13.2. The summed E-state index contributed by atoms with van der Waals surface area (Å²) in [7, 11) is 0. The average Bonchev–Trinajstić information content (AvgIpc) is 2.94. The quantitative estimate of drug-likeness (QED) is 0.603. The predicted molar refractivity (Wildman–Crippen MR) is 94.9 cm³/mol. The minimum atomic E-state index is -1.67. The highest BCUT2D eigenvalue weighted by atomic mass is 79.9. The number of nitrogens with zero attached hydrogens (tertiary/aromatic N) is 1. The molecular formula is C19H13BrN2O4. The molecule has 4 rings (SSSR count). The normalized spacial score (nSPS) is 22.0. The molecule has 1 unspecified atom stereocenters. The van der Waals surface area contributed by atoms with Crippen LogP contribution in [0.5, 0.6) is 0 Å². The molecule has 0 aromatic heterocycles. The van der Waals surface area contributed by atoms with Crippen LogP contribution in [-0.4, -0.2) is 28.5 Å². The van der Waals surface area contributed by atoms with Crippen LogP contribution >= 0.6 is 15.9 Å². The number of nitrogens with one attached hydrogen (secondary N) is 1. The van der Waals surface area contributed by atoms with E-state index in [1.807, 2.05) is 12.1 Å². The zero-order valence-electron chi connectivity index (χ0n) is 13.5. The number of carbonyl (C=O) groups is 4. The van der Waals surface area contributed by atoms with Crippen molar-refractivity contribution in [3.8, 4) is 0 Å². The lowest BCUT2D eigenvalue weighted by Crippen LogP contribution is -2.57. The van der Waals surface area contributed by atoms with E-state index in [1.54, 1.807) is 36.4 Å². The molecule has 1 saturated heterocycles. The van der Waals surface area contributed by atoms with Crippen molar-refractivity contribution in [1.82, 2.24) is 10.2 Å². The molecule has 1 atom stereocenters. The first-order valence-corrected chi connectivity index (χ1v) is 8.77. The van der Waals surface area contributed by atoms with Gasteiger partial charge in [-0.2, -0.15) is 0 Å². The van der Waals surface area contributed by atoms with Crippen molar-refractivity contribution in [3.05, 3.63) is 69.7 Å². The van der Waals surface area contributed by atoms with E-state index in [2.05, 4.69) is 21.2 Å². The van der Waals surface area contributed by atoms with Crippen molar-refractivity contribution in [2.75, 3.05) is 0 Å². The summed E-state index contributed by atoms with van der Waals surface area (Å²) in [5, 5.41) is 2.21. The van der Waals surface area contributed by atoms with E-state index >= 15 is 0 Å². The Morgan fingerprint density at radius 3 is 2.35 bits per heavy atom. The Kier molecular flexibility index (Phi) is 3.77. The maximum atomic E-state index is 13.2. The maximum Gasteiger partial charge on any atom is 0.261 e. The van der Waals surface area contributed by atoms with E-state index in [0.717, 1.165) is 14.9 Å². The van der Waals surface area contributed by atoms with Crippen LogP contribution in [0.15, 0.2) is 53.0 Å². The van der Waals surface area contributed by atoms with Crippen LogP contribution in [0.3, 0.4) is 0 Å². The fourth-order valence-corrected chi connectivity index (χ4v) is 3.79. The minimum Gasteiger partial charge on any atom is -0.295 e. The van der Waals surface area contributed by atoms with E-state index in [9.17, 15) is 19.2 Å². The smallest absolute Gasteiger partial charge is 0.261 e. The summed E-state index contributed by atoms with van der Waals surface area (Å²) >= 11 is 3.34. The summed E-state index contributed by atoms with van der Waals surface area (Å²) in [6.07, 6.45) is -0.286. The van der Waals surface area contributed by atoms with E-state index < -0.39 is 29.0 Å². The third kappa shape index (κ3) is 2.31. The molecule has 1 spiro atoms. The molecule has 2 aromatic carbocycles. The Hall–Kier alpha value is -2.80. The highest BCUT2D eigenvalue weighted by molar-refractivity contribution is 9.10.